The van der Waals surface area contributed by atoms with Crippen LogP contribution < -0.4 is 5.32 Å². The fourth-order valence-electron chi connectivity index (χ4n) is 4.13. The van der Waals surface area contributed by atoms with Crippen molar-refractivity contribution in [3.05, 3.63) is 29.8 Å². The van der Waals surface area contributed by atoms with Crippen molar-refractivity contribution >= 4 is 15.9 Å². The minimum Gasteiger partial charge on any atom is -0.352 e. The van der Waals surface area contributed by atoms with Crippen LogP contribution in [0.4, 0.5) is 13.2 Å². The van der Waals surface area contributed by atoms with E-state index in [-0.39, 0.29) is 38.1 Å². The summed E-state index contributed by atoms with van der Waals surface area (Å²) in [6.07, 6.45) is 0.601. The molecule has 1 atom stereocenters. The Morgan fingerprint density at radius 2 is 1.67 bits per heavy atom. The zero-order chi connectivity index (χ0) is 21.9. The smallest absolute Gasteiger partial charge is 0.352 e. The molecule has 1 saturated carbocycles. The summed E-state index contributed by atoms with van der Waals surface area (Å²) in [5, 5.41) is 3.07. The number of alkyl halides is 3. The number of nitrogens with one attached hydrogen (secondary N) is 1. The SMILES string of the molecule is C[C@H](C(=O)NC1CCCCC1)N1CCN(S(=O)(=O)c2ccccc2C(F)(F)F)CC1. The topological polar surface area (TPSA) is 69.7 Å². The molecule has 1 N–H and O–H groups in total. The van der Waals surface area contributed by atoms with Gasteiger partial charge in [-0.3, -0.25) is 9.69 Å². The van der Waals surface area contributed by atoms with Gasteiger partial charge in [-0.25, -0.2) is 8.42 Å². The van der Waals surface area contributed by atoms with Crippen molar-refractivity contribution in [2.45, 2.75) is 62.2 Å². The number of rotatable bonds is 5. The number of nitrogens with zero attached hydrogens (tertiary/aromatic N) is 2. The van der Waals surface area contributed by atoms with Crippen LogP contribution in [0.5, 0.6) is 0 Å². The summed E-state index contributed by atoms with van der Waals surface area (Å²) >= 11 is 0. The first-order chi connectivity index (χ1) is 14.1. The molecule has 0 bridgehead atoms. The summed E-state index contributed by atoms with van der Waals surface area (Å²) in [6.45, 7) is 2.42. The molecule has 1 aromatic rings. The monoisotopic (exact) mass is 447 g/mol. The number of amides is 1. The second kappa shape index (κ2) is 9.23. The average Bonchev–Trinajstić information content (AvgIpc) is 2.73. The van der Waals surface area contributed by atoms with Crippen LogP contribution in [-0.4, -0.2) is 61.8 Å². The lowest BCUT2D eigenvalue weighted by Gasteiger charge is -2.37. The zero-order valence-corrected chi connectivity index (χ0v) is 17.8. The van der Waals surface area contributed by atoms with E-state index in [0.717, 1.165) is 42.1 Å². The molecule has 0 spiro atoms. The van der Waals surface area contributed by atoms with Crippen molar-refractivity contribution in [3.8, 4) is 0 Å². The molecule has 6 nitrogen and oxygen atoms in total. The highest BCUT2D eigenvalue weighted by Gasteiger charge is 2.40. The largest absolute Gasteiger partial charge is 0.417 e. The number of halogens is 3. The molecule has 10 heteroatoms. The summed E-state index contributed by atoms with van der Waals surface area (Å²) in [4.78, 5) is 13.7. The average molecular weight is 448 g/mol. The van der Waals surface area contributed by atoms with E-state index < -0.39 is 32.7 Å². The van der Waals surface area contributed by atoms with E-state index in [1.54, 1.807) is 6.92 Å². The lowest BCUT2D eigenvalue weighted by Crippen LogP contribution is -2.56. The van der Waals surface area contributed by atoms with Gasteiger partial charge in [-0.2, -0.15) is 17.5 Å². The number of benzene rings is 1. The van der Waals surface area contributed by atoms with Crippen molar-refractivity contribution in [3.63, 3.8) is 0 Å². The normalized spacial score (nSPS) is 21.3. The molecule has 1 aliphatic carbocycles. The maximum Gasteiger partial charge on any atom is 0.417 e. The predicted octanol–water partition coefficient (Wildman–Crippen LogP) is 2.85. The van der Waals surface area contributed by atoms with Crippen molar-refractivity contribution in [2.24, 2.45) is 0 Å². The molecule has 0 unspecified atom stereocenters. The fraction of sp³-hybridized carbons (Fsp3) is 0.650. The van der Waals surface area contributed by atoms with Crippen LogP contribution in [0.3, 0.4) is 0 Å². The van der Waals surface area contributed by atoms with Crippen molar-refractivity contribution in [2.75, 3.05) is 26.2 Å². The van der Waals surface area contributed by atoms with Gasteiger partial charge in [0.1, 0.15) is 0 Å². The maximum absolute atomic E-state index is 13.3. The van der Waals surface area contributed by atoms with Crippen molar-refractivity contribution < 1.29 is 26.4 Å². The second-order valence-corrected chi connectivity index (χ2v) is 9.86. The second-order valence-electron chi connectivity index (χ2n) is 7.95. The summed E-state index contributed by atoms with van der Waals surface area (Å²) < 4.78 is 66.6. The van der Waals surface area contributed by atoms with E-state index in [1.165, 1.54) is 18.6 Å². The minimum atomic E-state index is -4.75. The Labute approximate surface area is 175 Å². The van der Waals surface area contributed by atoms with E-state index >= 15 is 0 Å². The van der Waals surface area contributed by atoms with E-state index in [2.05, 4.69) is 5.32 Å². The number of carbonyl (C=O) groups is 1. The number of hydrogen-bond donors (Lipinski definition) is 1. The van der Waals surface area contributed by atoms with Crippen LogP contribution in [0.15, 0.2) is 29.2 Å². The standard InChI is InChI=1S/C20H28F3N3O3S/c1-15(19(27)24-16-7-3-2-4-8-16)25-11-13-26(14-12-25)30(28,29)18-10-6-5-9-17(18)20(21,22)23/h5-6,9-10,15-16H,2-4,7-8,11-14H2,1H3,(H,24,27)/t15-/m1/s1. The van der Waals surface area contributed by atoms with Gasteiger partial charge in [0, 0.05) is 32.2 Å². The van der Waals surface area contributed by atoms with E-state index in [4.69, 9.17) is 0 Å². The van der Waals surface area contributed by atoms with Crippen LogP contribution in [0.2, 0.25) is 0 Å². The van der Waals surface area contributed by atoms with E-state index in [0.29, 0.717) is 0 Å². The number of piperazine rings is 1. The molecule has 2 fully saturated rings. The summed E-state index contributed by atoms with van der Waals surface area (Å²) in [5.41, 5.74) is -1.16. The zero-order valence-electron chi connectivity index (χ0n) is 17.0. The van der Waals surface area contributed by atoms with Crippen LogP contribution in [0.25, 0.3) is 0 Å². The van der Waals surface area contributed by atoms with Gasteiger partial charge in [0.2, 0.25) is 15.9 Å². The first-order valence-electron chi connectivity index (χ1n) is 10.3. The maximum atomic E-state index is 13.3. The van der Waals surface area contributed by atoms with Gasteiger partial charge in [-0.05, 0) is 31.9 Å². The Balaban J connectivity index is 1.63. The van der Waals surface area contributed by atoms with Crippen LogP contribution in [-0.2, 0) is 21.0 Å². The quantitative estimate of drug-likeness (QED) is 0.754. The number of hydrogen-bond acceptors (Lipinski definition) is 4. The number of sulfonamides is 1. The minimum absolute atomic E-state index is 0.0373. The lowest BCUT2D eigenvalue weighted by molar-refractivity contribution is -0.140. The highest BCUT2D eigenvalue weighted by atomic mass is 32.2. The molecule has 168 valence electrons. The summed E-state index contributed by atoms with van der Waals surface area (Å²) in [6, 6.07) is 4.00. The van der Waals surface area contributed by atoms with Gasteiger partial charge in [0.25, 0.3) is 0 Å². The molecule has 1 aliphatic heterocycles. The molecule has 2 aliphatic rings. The molecule has 1 aromatic carbocycles. The highest BCUT2D eigenvalue weighted by molar-refractivity contribution is 7.89. The van der Waals surface area contributed by atoms with Gasteiger partial charge < -0.3 is 5.32 Å². The Bertz CT molecular complexity index is 846. The van der Waals surface area contributed by atoms with Gasteiger partial charge in [-0.1, -0.05) is 31.4 Å². The molecule has 1 amide bonds. The molecular formula is C20H28F3N3O3S. The van der Waals surface area contributed by atoms with Crippen molar-refractivity contribution in [1.82, 2.24) is 14.5 Å². The molecule has 1 saturated heterocycles. The molecule has 0 aromatic heterocycles. The van der Waals surface area contributed by atoms with Gasteiger partial charge in [0.05, 0.1) is 16.5 Å². The summed E-state index contributed by atoms with van der Waals surface area (Å²) in [7, 11) is -4.28. The molecule has 3 rings (SSSR count). The molecular weight excluding hydrogens is 419 g/mol. The number of carbonyl (C=O) groups excluding carboxylic acids is 1. The third-order valence-corrected chi connectivity index (χ3v) is 7.92. The van der Waals surface area contributed by atoms with Crippen LogP contribution >= 0.6 is 0 Å². The third-order valence-electron chi connectivity index (χ3n) is 5.96. The van der Waals surface area contributed by atoms with Gasteiger partial charge in [0.15, 0.2) is 0 Å². The Kier molecular flexibility index (Phi) is 7.09. The predicted molar refractivity (Wildman–Crippen MR) is 106 cm³/mol. The molecule has 30 heavy (non-hydrogen) atoms. The van der Waals surface area contributed by atoms with Crippen molar-refractivity contribution in [1.29, 1.82) is 0 Å². The molecule has 0 radical (unpaired) electrons. The van der Waals surface area contributed by atoms with Crippen LogP contribution in [0, 0.1) is 0 Å². The highest BCUT2D eigenvalue weighted by Crippen LogP contribution is 2.35. The van der Waals surface area contributed by atoms with E-state index in [1.807, 2.05) is 4.90 Å². The first kappa shape index (κ1) is 23.0. The van der Waals surface area contributed by atoms with E-state index in [9.17, 15) is 26.4 Å². The summed E-state index contributed by atoms with van der Waals surface area (Å²) in [5.74, 6) is -0.0828. The Morgan fingerprint density at radius 3 is 2.27 bits per heavy atom. The molecule has 1 heterocycles. The van der Waals surface area contributed by atoms with Gasteiger partial charge in [-0.15, -0.1) is 0 Å². The van der Waals surface area contributed by atoms with Crippen LogP contribution in [0.1, 0.15) is 44.6 Å². The lowest BCUT2D eigenvalue weighted by atomic mass is 9.95. The Hall–Kier alpha value is -1.65. The first-order valence-corrected chi connectivity index (χ1v) is 11.8. The fourth-order valence-corrected chi connectivity index (χ4v) is 5.77. The van der Waals surface area contributed by atoms with Gasteiger partial charge >= 0.3 is 6.18 Å². The third kappa shape index (κ3) is 5.15. The Morgan fingerprint density at radius 1 is 1.07 bits per heavy atom.